The van der Waals surface area contributed by atoms with Gasteiger partial charge < -0.3 is 0 Å². The van der Waals surface area contributed by atoms with Crippen LogP contribution in [0.15, 0.2) is 18.2 Å². The fourth-order valence-electron chi connectivity index (χ4n) is 2.09. The van der Waals surface area contributed by atoms with Crippen molar-refractivity contribution in [2.75, 3.05) is 0 Å². The van der Waals surface area contributed by atoms with Crippen LogP contribution in [0.5, 0.6) is 0 Å². The van der Waals surface area contributed by atoms with Gasteiger partial charge >= 0.3 is 0 Å². The van der Waals surface area contributed by atoms with Crippen molar-refractivity contribution in [3.8, 4) is 0 Å². The molecule has 0 aromatic heterocycles. The SMILES string of the molecule is CC1CCc2ccc(F)cc2C(Br)C1. The van der Waals surface area contributed by atoms with Crippen LogP contribution in [0.1, 0.15) is 35.7 Å². The van der Waals surface area contributed by atoms with E-state index in [0.717, 1.165) is 24.3 Å². The fraction of sp³-hybridized carbons (Fsp3) is 0.500. The Morgan fingerprint density at radius 2 is 2.21 bits per heavy atom. The molecule has 0 fully saturated rings. The molecule has 0 N–H and O–H groups in total. The zero-order valence-electron chi connectivity index (χ0n) is 8.26. The number of halogens is 2. The van der Waals surface area contributed by atoms with Crippen molar-refractivity contribution < 1.29 is 4.39 Å². The van der Waals surface area contributed by atoms with Gasteiger partial charge in [-0.15, -0.1) is 0 Å². The molecule has 0 saturated heterocycles. The van der Waals surface area contributed by atoms with Crippen LogP contribution in [-0.2, 0) is 6.42 Å². The van der Waals surface area contributed by atoms with E-state index in [1.165, 1.54) is 12.0 Å². The smallest absolute Gasteiger partial charge is 0.123 e. The molecule has 2 unspecified atom stereocenters. The highest BCUT2D eigenvalue weighted by Gasteiger charge is 2.20. The van der Waals surface area contributed by atoms with Crippen molar-refractivity contribution in [3.05, 3.63) is 35.1 Å². The molecule has 1 aromatic rings. The molecule has 0 spiro atoms. The Morgan fingerprint density at radius 1 is 1.43 bits per heavy atom. The Kier molecular flexibility index (Phi) is 2.91. The normalized spacial score (nSPS) is 26.8. The summed E-state index contributed by atoms with van der Waals surface area (Å²) in [5.74, 6) is 0.595. The molecule has 2 heteroatoms. The number of hydrogen-bond donors (Lipinski definition) is 0. The predicted octanol–water partition coefficient (Wildman–Crippen LogP) is 4.23. The molecule has 1 aromatic carbocycles. The molecule has 0 bridgehead atoms. The average Bonchev–Trinajstić information content (AvgIpc) is 2.27. The standard InChI is InChI=1S/C12H14BrF/c1-8-2-3-9-4-5-10(14)7-11(9)12(13)6-8/h4-5,7-8,12H,2-3,6H2,1H3. The van der Waals surface area contributed by atoms with Gasteiger partial charge in [0, 0.05) is 4.83 Å². The molecule has 0 aliphatic heterocycles. The minimum Gasteiger partial charge on any atom is -0.207 e. The predicted molar refractivity (Wildman–Crippen MR) is 60.2 cm³/mol. The summed E-state index contributed by atoms with van der Waals surface area (Å²) >= 11 is 3.64. The van der Waals surface area contributed by atoms with Gasteiger partial charge in [-0.3, -0.25) is 0 Å². The maximum Gasteiger partial charge on any atom is 0.123 e. The summed E-state index contributed by atoms with van der Waals surface area (Å²) in [6.07, 6.45) is 3.40. The van der Waals surface area contributed by atoms with Gasteiger partial charge in [0.1, 0.15) is 5.82 Å². The molecular weight excluding hydrogens is 243 g/mol. The van der Waals surface area contributed by atoms with E-state index in [1.807, 2.05) is 6.07 Å². The van der Waals surface area contributed by atoms with Gasteiger partial charge in [0.25, 0.3) is 0 Å². The third kappa shape index (κ3) is 2.00. The lowest BCUT2D eigenvalue weighted by Gasteiger charge is -2.12. The summed E-state index contributed by atoms with van der Waals surface area (Å²) in [6, 6.07) is 5.16. The largest absolute Gasteiger partial charge is 0.207 e. The van der Waals surface area contributed by atoms with Gasteiger partial charge in [0.2, 0.25) is 0 Å². The molecule has 2 rings (SSSR count). The second kappa shape index (κ2) is 4.01. The molecule has 0 radical (unpaired) electrons. The number of fused-ring (bicyclic) bond motifs is 1. The monoisotopic (exact) mass is 256 g/mol. The van der Waals surface area contributed by atoms with E-state index in [2.05, 4.69) is 22.9 Å². The number of aryl methyl sites for hydroxylation is 1. The first-order valence-electron chi connectivity index (χ1n) is 5.09. The van der Waals surface area contributed by atoms with Crippen LogP contribution in [0.4, 0.5) is 4.39 Å². The fourth-order valence-corrected chi connectivity index (χ4v) is 3.15. The Hall–Kier alpha value is -0.370. The Morgan fingerprint density at radius 3 is 3.00 bits per heavy atom. The molecule has 1 aliphatic rings. The van der Waals surface area contributed by atoms with Gasteiger partial charge in [0.05, 0.1) is 0 Å². The Balaban J connectivity index is 2.39. The zero-order valence-corrected chi connectivity index (χ0v) is 9.85. The van der Waals surface area contributed by atoms with E-state index in [9.17, 15) is 4.39 Å². The van der Waals surface area contributed by atoms with Crippen molar-refractivity contribution in [3.63, 3.8) is 0 Å². The quantitative estimate of drug-likeness (QED) is 0.482. The highest BCUT2D eigenvalue weighted by Crippen LogP contribution is 2.37. The van der Waals surface area contributed by atoms with Gasteiger partial charge in [-0.25, -0.2) is 4.39 Å². The molecule has 76 valence electrons. The van der Waals surface area contributed by atoms with E-state index in [-0.39, 0.29) is 5.82 Å². The Bertz CT molecular complexity index is 335. The number of hydrogen-bond acceptors (Lipinski definition) is 0. The number of alkyl halides is 1. The minimum atomic E-state index is -0.122. The molecule has 14 heavy (non-hydrogen) atoms. The van der Waals surface area contributed by atoms with E-state index >= 15 is 0 Å². The van der Waals surface area contributed by atoms with Crippen LogP contribution in [0.2, 0.25) is 0 Å². The first-order valence-corrected chi connectivity index (χ1v) is 6.01. The molecule has 0 heterocycles. The summed E-state index contributed by atoms with van der Waals surface area (Å²) < 4.78 is 13.1. The molecule has 0 amide bonds. The highest BCUT2D eigenvalue weighted by atomic mass is 79.9. The minimum absolute atomic E-state index is 0.122. The van der Waals surface area contributed by atoms with E-state index < -0.39 is 0 Å². The van der Waals surface area contributed by atoms with Crippen LogP contribution in [0.3, 0.4) is 0 Å². The van der Waals surface area contributed by atoms with Crippen LogP contribution >= 0.6 is 15.9 Å². The third-order valence-electron chi connectivity index (χ3n) is 2.96. The molecule has 1 aliphatic carbocycles. The summed E-state index contributed by atoms with van der Waals surface area (Å²) in [5, 5.41) is 0. The lowest BCUT2D eigenvalue weighted by Crippen LogP contribution is -1.96. The van der Waals surface area contributed by atoms with Crippen LogP contribution in [-0.4, -0.2) is 0 Å². The molecule has 0 saturated carbocycles. The first kappa shape index (κ1) is 10.2. The number of rotatable bonds is 0. The van der Waals surface area contributed by atoms with Crippen molar-refractivity contribution in [1.82, 2.24) is 0 Å². The van der Waals surface area contributed by atoms with Crippen molar-refractivity contribution in [2.45, 2.75) is 31.0 Å². The van der Waals surface area contributed by atoms with Gasteiger partial charge in [-0.2, -0.15) is 0 Å². The topological polar surface area (TPSA) is 0 Å². The van der Waals surface area contributed by atoms with Gasteiger partial charge in [-0.1, -0.05) is 28.9 Å². The van der Waals surface area contributed by atoms with E-state index in [1.54, 1.807) is 12.1 Å². The summed E-state index contributed by atoms with van der Waals surface area (Å²) in [5.41, 5.74) is 2.45. The van der Waals surface area contributed by atoms with Crippen molar-refractivity contribution in [2.24, 2.45) is 5.92 Å². The average molecular weight is 257 g/mol. The third-order valence-corrected chi connectivity index (χ3v) is 3.83. The zero-order chi connectivity index (χ0) is 10.1. The lowest BCUT2D eigenvalue weighted by molar-refractivity contribution is 0.508. The van der Waals surface area contributed by atoms with Gasteiger partial charge in [-0.05, 0) is 48.4 Å². The van der Waals surface area contributed by atoms with Crippen LogP contribution in [0, 0.1) is 11.7 Å². The van der Waals surface area contributed by atoms with Gasteiger partial charge in [0.15, 0.2) is 0 Å². The summed E-state index contributed by atoms with van der Waals surface area (Å²) in [6.45, 7) is 2.26. The van der Waals surface area contributed by atoms with Crippen LogP contribution in [0.25, 0.3) is 0 Å². The van der Waals surface area contributed by atoms with E-state index in [4.69, 9.17) is 0 Å². The second-order valence-corrected chi connectivity index (χ2v) is 5.30. The maximum atomic E-state index is 13.1. The molecule has 2 atom stereocenters. The summed E-state index contributed by atoms with van der Waals surface area (Å²) in [4.78, 5) is 0.325. The number of benzene rings is 1. The van der Waals surface area contributed by atoms with E-state index in [0.29, 0.717) is 4.83 Å². The lowest BCUT2D eigenvalue weighted by atomic mass is 10.0. The van der Waals surface area contributed by atoms with Crippen molar-refractivity contribution >= 4 is 15.9 Å². The highest BCUT2D eigenvalue weighted by molar-refractivity contribution is 9.09. The Labute approximate surface area is 92.6 Å². The second-order valence-electron chi connectivity index (χ2n) is 4.19. The molecular formula is C12H14BrF. The van der Waals surface area contributed by atoms with Crippen LogP contribution < -0.4 is 0 Å². The first-order chi connectivity index (χ1) is 6.66. The molecule has 0 nitrogen and oxygen atoms in total. The van der Waals surface area contributed by atoms with Crippen molar-refractivity contribution in [1.29, 1.82) is 0 Å². The summed E-state index contributed by atoms with van der Waals surface area (Å²) in [7, 11) is 0. The maximum absolute atomic E-state index is 13.1.